The summed E-state index contributed by atoms with van der Waals surface area (Å²) in [7, 11) is 0. The number of primary amides is 1. The summed E-state index contributed by atoms with van der Waals surface area (Å²) >= 11 is 0. The molecule has 0 aromatic rings. The predicted octanol–water partition coefficient (Wildman–Crippen LogP) is 1.14. The first-order valence-electron chi connectivity index (χ1n) is 8.56. The van der Waals surface area contributed by atoms with Gasteiger partial charge in [0.2, 0.25) is 17.7 Å². The van der Waals surface area contributed by atoms with E-state index in [9.17, 15) is 14.4 Å². The Morgan fingerprint density at radius 3 is 2.35 bits per heavy atom. The minimum atomic E-state index is -0.364. The molecule has 0 saturated carbocycles. The molecular formula is C17H29N3O3. The highest BCUT2D eigenvalue weighted by molar-refractivity contribution is 5.89. The fraction of sp³-hybridized carbons (Fsp3) is 0.824. The van der Waals surface area contributed by atoms with E-state index in [1.165, 1.54) is 0 Å². The Morgan fingerprint density at radius 2 is 1.74 bits per heavy atom. The van der Waals surface area contributed by atoms with Crippen LogP contribution in [0.1, 0.15) is 52.9 Å². The van der Waals surface area contributed by atoms with Crippen LogP contribution in [0.15, 0.2) is 0 Å². The van der Waals surface area contributed by atoms with E-state index in [1.54, 1.807) is 9.80 Å². The van der Waals surface area contributed by atoms with Gasteiger partial charge in [0.15, 0.2) is 0 Å². The largest absolute Gasteiger partial charge is 0.369 e. The van der Waals surface area contributed by atoms with Crippen molar-refractivity contribution in [3.8, 4) is 0 Å². The van der Waals surface area contributed by atoms with E-state index in [1.807, 2.05) is 20.8 Å². The van der Waals surface area contributed by atoms with Crippen LogP contribution in [0.4, 0.5) is 0 Å². The number of likely N-dealkylation sites (tertiary alicyclic amines) is 2. The molecule has 0 aromatic carbocycles. The highest BCUT2D eigenvalue weighted by Crippen LogP contribution is 2.27. The molecule has 2 N–H and O–H groups in total. The van der Waals surface area contributed by atoms with E-state index >= 15 is 0 Å². The first-order chi connectivity index (χ1) is 10.7. The van der Waals surface area contributed by atoms with Gasteiger partial charge in [-0.15, -0.1) is 0 Å². The van der Waals surface area contributed by atoms with Gasteiger partial charge in [0, 0.05) is 26.1 Å². The first-order valence-corrected chi connectivity index (χ1v) is 8.56. The fourth-order valence-corrected chi connectivity index (χ4v) is 3.50. The van der Waals surface area contributed by atoms with Crippen molar-refractivity contribution in [3.05, 3.63) is 0 Å². The van der Waals surface area contributed by atoms with Crippen LogP contribution < -0.4 is 5.73 Å². The van der Waals surface area contributed by atoms with Crippen LogP contribution in [0.2, 0.25) is 0 Å². The van der Waals surface area contributed by atoms with Crippen molar-refractivity contribution < 1.29 is 14.4 Å². The Balaban J connectivity index is 2.02. The number of amides is 3. The monoisotopic (exact) mass is 323 g/mol. The summed E-state index contributed by atoms with van der Waals surface area (Å²) in [4.78, 5) is 40.2. The molecule has 0 bridgehead atoms. The summed E-state index contributed by atoms with van der Waals surface area (Å²) in [6, 6.07) is -0.364. The van der Waals surface area contributed by atoms with Gasteiger partial charge in [0.1, 0.15) is 6.04 Å². The number of hydrogen-bond acceptors (Lipinski definition) is 3. The summed E-state index contributed by atoms with van der Waals surface area (Å²) in [6.45, 7) is 7.78. The van der Waals surface area contributed by atoms with Crippen LogP contribution in [0.5, 0.6) is 0 Å². The molecule has 0 unspecified atom stereocenters. The second kappa shape index (κ2) is 6.89. The average Bonchev–Trinajstić information content (AvgIpc) is 2.94. The quantitative estimate of drug-likeness (QED) is 0.845. The lowest BCUT2D eigenvalue weighted by Gasteiger charge is -2.35. The Bertz CT molecular complexity index is 484. The minimum Gasteiger partial charge on any atom is -0.369 e. The number of hydrogen-bond donors (Lipinski definition) is 1. The summed E-state index contributed by atoms with van der Waals surface area (Å²) in [5, 5.41) is 0. The van der Waals surface area contributed by atoms with Gasteiger partial charge in [-0.1, -0.05) is 20.8 Å². The van der Waals surface area contributed by atoms with Gasteiger partial charge in [0.05, 0.1) is 5.92 Å². The Kier molecular flexibility index (Phi) is 5.32. The molecule has 0 aliphatic carbocycles. The minimum absolute atomic E-state index is 0.0179. The van der Waals surface area contributed by atoms with Crippen LogP contribution >= 0.6 is 0 Å². The van der Waals surface area contributed by atoms with Crippen LogP contribution in [0.25, 0.3) is 0 Å². The molecule has 2 rings (SSSR count). The van der Waals surface area contributed by atoms with Gasteiger partial charge in [-0.25, -0.2) is 0 Å². The molecule has 130 valence electrons. The fourth-order valence-electron chi connectivity index (χ4n) is 3.50. The molecule has 2 aliphatic rings. The molecule has 3 amide bonds. The molecule has 0 aromatic heterocycles. The maximum atomic E-state index is 12.8. The summed E-state index contributed by atoms with van der Waals surface area (Å²) < 4.78 is 0. The van der Waals surface area contributed by atoms with Crippen molar-refractivity contribution in [2.75, 3.05) is 19.6 Å². The highest BCUT2D eigenvalue weighted by atomic mass is 16.2. The third-order valence-corrected chi connectivity index (χ3v) is 4.68. The normalized spacial score (nSPS) is 25.5. The lowest BCUT2D eigenvalue weighted by Crippen LogP contribution is -2.52. The number of rotatable bonds is 3. The van der Waals surface area contributed by atoms with Crippen molar-refractivity contribution in [1.82, 2.24) is 9.80 Å². The van der Waals surface area contributed by atoms with E-state index in [0.29, 0.717) is 32.5 Å². The van der Waals surface area contributed by atoms with Gasteiger partial charge in [-0.2, -0.15) is 0 Å². The third kappa shape index (κ3) is 4.45. The van der Waals surface area contributed by atoms with Crippen LogP contribution in [0, 0.1) is 11.3 Å². The first kappa shape index (κ1) is 17.8. The number of nitrogens with two attached hydrogens (primary N) is 1. The van der Waals surface area contributed by atoms with E-state index in [4.69, 9.17) is 5.73 Å². The maximum absolute atomic E-state index is 12.8. The zero-order chi connectivity index (χ0) is 17.2. The molecule has 2 saturated heterocycles. The van der Waals surface area contributed by atoms with Crippen LogP contribution in [0.3, 0.4) is 0 Å². The maximum Gasteiger partial charge on any atom is 0.245 e. The molecule has 2 atom stereocenters. The third-order valence-electron chi connectivity index (χ3n) is 4.68. The lowest BCUT2D eigenvalue weighted by molar-refractivity contribution is -0.146. The second-order valence-corrected chi connectivity index (χ2v) is 8.01. The predicted molar refractivity (Wildman–Crippen MR) is 87.3 cm³/mol. The van der Waals surface area contributed by atoms with Gasteiger partial charge < -0.3 is 15.5 Å². The van der Waals surface area contributed by atoms with E-state index in [-0.39, 0.29) is 35.1 Å². The van der Waals surface area contributed by atoms with Crippen LogP contribution in [-0.4, -0.2) is 53.2 Å². The van der Waals surface area contributed by atoms with Gasteiger partial charge in [0.25, 0.3) is 0 Å². The molecule has 6 heteroatoms. The lowest BCUT2D eigenvalue weighted by atomic mass is 9.91. The molecule has 6 nitrogen and oxygen atoms in total. The van der Waals surface area contributed by atoms with Crippen molar-refractivity contribution in [1.29, 1.82) is 0 Å². The molecule has 2 aliphatic heterocycles. The van der Waals surface area contributed by atoms with Gasteiger partial charge in [-0.05, 0) is 31.1 Å². The van der Waals surface area contributed by atoms with E-state index in [2.05, 4.69) is 0 Å². The zero-order valence-electron chi connectivity index (χ0n) is 14.5. The smallest absolute Gasteiger partial charge is 0.245 e. The van der Waals surface area contributed by atoms with Crippen molar-refractivity contribution in [2.24, 2.45) is 17.1 Å². The average molecular weight is 323 g/mol. The summed E-state index contributed by atoms with van der Waals surface area (Å²) in [5.41, 5.74) is 5.30. The topological polar surface area (TPSA) is 83.7 Å². The molecular weight excluding hydrogens is 294 g/mol. The highest BCUT2D eigenvalue weighted by Gasteiger charge is 2.39. The molecule has 23 heavy (non-hydrogen) atoms. The Labute approximate surface area is 138 Å². The van der Waals surface area contributed by atoms with Crippen LogP contribution in [-0.2, 0) is 14.4 Å². The number of carbonyl (C=O) groups excluding carboxylic acids is 3. The van der Waals surface area contributed by atoms with Crippen molar-refractivity contribution in [2.45, 2.75) is 58.9 Å². The van der Waals surface area contributed by atoms with Gasteiger partial charge in [-0.3, -0.25) is 14.4 Å². The standard InChI is InChI=1S/C17H29N3O3/c1-17(2,3)10-14(21)20-9-5-7-13(20)16(23)19-8-4-6-12(11-19)15(18)22/h12-13H,4-11H2,1-3H3,(H2,18,22)/t12-,13-/m0/s1. The van der Waals surface area contributed by atoms with E-state index < -0.39 is 0 Å². The second-order valence-electron chi connectivity index (χ2n) is 8.01. The van der Waals surface area contributed by atoms with Crippen molar-refractivity contribution >= 4 is 17.7 Å². The summed E-state index contributed by atoms with van der Waals surface area (Å²) in [5.74, 6) is -0.560. The zero-order valence-corrected chi connectivity index (χ0v) is 14.5. The molecule has 0 spiro atoms. The number of nitrogens with zero attached hydrogens (tertiary/aromatic N) is 2. The molecule has 2 fully saturated rings. The van der Waals surface area contributed by atoms with Crippen molar-refractivity contribution in [3.63, 3.8) is 0 Å². The number of carbonyl (C=O) groups is 3. The molecule has 2 heterocycles. The SMILES string of the molecule is CC(C)(C)CC(=O)N1CCC[C@H]1C(=O)N1CCC[C@H](C(N)=O)C1. The molecule has 0 radical (unpaired) electrons. The number of piperidine rings is 1. The summed E-state index contributed by atoms with van der Waals surface area (Å²) in [6.07, 6.45) is 3.56. The Morgan fingerprint density at radius 1 is 1.09 bits per heavy atom. The Hall–Kier alpha value is -1.59. The van der Waals surface area contributed by atoms with E-state index in [0.717, 1.165) is 19.3 Å². The van der Waals surface area contributed by atoms with Gasteiger partial charge >= 0.3 is 0 Å².